The predicted octanol–water partition coefficient (Wildman–Crippen LogP) is 4.30. The van der Waals surface area contributed by atoms with E-state index < -0.39 is 11.6 Å². The Morgan fingerprint density at radius 1 is 1.10 bits per heavy atom. The molecule has 0 aromatic heterocycles. The Morgan fingerprint density at radius 3 is 2.33 bits per heavy atom. The molecule has 0 heterocycles. The van der Waals surface area contributed by atoms with E-state index in [2.05, 4.69) is 5.32 Å². The fourth-order valence-electron chi connectivity index (χ4n) is 2.33. The highest BCUT2D eigenvalue weighted by Crippen LogP contribution is 2.21. The highest BCUT2D eigenvalue weighted by molar-refractivity contribution is 6.31. The summed E-state index contributed by atoms with van der Waals surface area (Å²) in [6, 6.07) is 9.69. The Bertz CT molecular complexity index is 608. The molecule has 2 aromatic rings. The van der Waals surface area contributed by atoms with Crippen molar-refractivity contribution in [1.29, 1.82) is 0 Å². The van der Waals surface area contributed by atoms with Gasteiger partial charge in [0.05, 0.1) is 0 Å². The number of benzene rings is 2. The van der Waals surface area contributed by atoms with Crippen molar-refractivity contribution >= 4 is 11.6 Å². The van der Waals surface area contributed by atoms with E-state index in [1.807, 2.05) is 25.1 Å². The first-order valence-corrected chi connectivity index (χ1v) is 7.24. The van der Waals surface area contributed by atoms with Crippen LogP contribution in [0.5, 0.6) is 0 Å². The number of hydrogen-bond donors (Lipinski definition) is 1. The smallest absolute Gasteiger partial charge is 0.129 e. The average Bonchev–Trinajstić information content (AvgIpc) is 2.44. The standard InChI is InChI=1S/C17H18ClF2N/c1-11-6-7-12(15(18)8-11)9-13(21-2)10-14-16(19)4-3-5-17(14)20/h3-8,13,21H,9-10H2,1-2H3. The van der Waals surface area contributed by atoms with Crippen LogP contribution in [0.15, 0.2) is 36.4 Å². The van der Waals surface area contributed by atoms with Gasteiger partial charge in [0.1, 0.15) is 11.6 Å². The van der Waals surface area contributed by atoms with Crippen LogP contribution in [-0.4, -0.2) is 13.1 Å². The summed E-state index contributed by atoms with van der Waals surface area (Å²) in [5.74, 6) is -1.02. The summed E-state index contributed by atoms with van der Waals surface area (Å²) in [5.41, 5.74) is 2.17. The monoisotopic (exact) mass is 309 g/mol. The molecule has 0 saturated heterocycles. The Balaban J connectivity index is 2.17. The van der Waals surface area contributed by atoms with Crippen molar-refractivity contribution in [2.24, 2.45) is 0 Å². The van der Waals surface area contributed by atoms with Gasteiger partial charge >= 0.3 is 0 Å². The number of nitrogens with one attached hydrogen (secondary N) is 1. The van der Waals surface area contributed by atoms with Gasteiger partial charge in [-0.25, -0.2) is 8.78 Å². The molecule has 1 N–H and O–H groups in total. The third kappa shape index (κ3) is 4.02. The SMILES string of the molecule is CNC(Cc1ccc(C)cc1Cl)Cc1c(F)cccc1F. The number of rotatable bonds is 5. The first kappa shape index (κ1) is 15.9. The molecule has 0 spiro atoms. The van der Waals surface area contributed by atoms with Crippen molar-refractivity contribution in [3.8, 4) is 0 Å². The van der Waals surface area contributed by atoms with Crippen LogP contribution in [0, 0.1) is 18.6 Å². The van der Waals surface area contributed by atoms with E-state index in [1.165, 1.54) is 18.2 Å². The minimum absolute atomic E-state index is 0.0865. The van der Waals surface area contributed by atoms with Crippen molar-refractivity contribution in [2.75, 3.05) is 7.05 Å². The highest BCUT2D eigenvalue weighted by Gasteiger charge is 2.16. The van der Waals surface area contributed by atoms with E-state index in [-0.39, 0.29) is 18.0 Å². The second kappa shape index (κ2) is 7.01. The molecule has 1 atom stereocenters. The molecule has 21 heavy (non-hydrogen) atoms. The van der Waals surface area contributed by atoms with E-state index >= 15 is 0 Å². The predicted molar refractivity (Wildman–Crippen MR) is 82.8 cm³/mol. The Kier molecular flexibility index (Phi) is 5.32. The first-order valence-electron chi connectivity index (χ1n) is 6.86. The molecular weight excluding hydrogens is 292 g/mol. The Morgan fingerprint density at radius 2 is 1.76 bits per heavy atom. The van der Waals surface area contributed by atoms with Gasteiger partial charge in [-0.15, -0.1) is 0 Å². The number of aryl methyl sites for hydroxylation is 1. The van der Waals surface area contributed by atoms with Crippen LogP contribution in [0.2, 0.25) is 5.02 Å². The van der Waals surface area contributed by atoms with Crippen LogP contribution >= 0.6 is 11.6 Å². The normalized spacial score (nSPS) is 12.4. The number of halogens is 3. The molecular formula is C17H18ClF2N. The minimum Gasteiger partial charge on any atom is -0.316 e. The molecule has 0 radical (unpaired) electrons. The maximum atomic E-state index is 13.7. The van der Waals surface area contributed by atoms with Gasteiger partial charge in [-0.3, -0.25) is 0 Å². The lowest BCUT2D eigenvalue weighted by Crippen LogP contribution is -2.30. The van der Waals surface area contributed by atoms with Crippen molar-refractivity contribution in [2.45, 2.75) is 25.8 Å². The van der Waals surface area contributed by atoms with E-state index in [4.69, 9.17) is 11.6 Å². The molecule has 2 aromatic carbocycles. The van der Waals surface area contributed by atoms with Gasteiger partial charge in [-0.1, -0.05) is 29.8 Å². The van der Waals surface area contributed by atoms with E-state index in [1.54, 1.807) is 7.05 Å². The first-order chi connectivity index (χ1) is 10.0. The summed E-state index contributed by atoms with van der Waals surface area (Å²) in [6.45, 7) is 1.97. The molecule has 0 aliphatic carbocycles. The van der Waals surface area contributed by atoms with Crippen molar-refractivity contribution in [3.05, 3.63) is 69.7 Å². The van der Waals surface area contributed by atoms with Crippen LogP contribution in [0.25, 0.3) is 0 Å². The fourth-order valence-corrected chi connectivity index (χ4v) is 2.65. The molecule has 2 rings (SSSR count). The lowest BCUT2D eigenvalue weighted by Gasteiger charge is -2.18. The zero-order valence-corrected chi connectivity index (χ0v) is 12.8. The van der Waals surface area contributed by atoms with E-state index in [9.17, 15) is 8.78 Å². The second-order valence-electron chi connectivity index (χ2n) is 5.19. The molecule has 0 amide bonds. The lowest BCUT2D eigenvalue weighted by molar-refractivity contribution is 0.502. The lowest BCUT2D eigenvalue weighted by atomic mass is 9.98. The number of hydrogen-bond acceptors (Lipinski definition) is 1. The summed E-state index contributed by atoms with van der Waals surface area (Å²) in [6.07, 6.45) is 0.891. The van der Waals surface area contributed by atoms with Crippen LogP contribution in [0.4, 0.5) is 8.78 Å². The van der Waals surface area contributed by atoms with Gasteiger partial charge in [0.2, 0.25) is 0 Å². The van der Waals surface area contributed by atoms with Crippen molar-refractivity contribution in [1.82, 2.24) is 5.32 Å². The molecule has 1 nitrogen and oxygen atoms in total. The summed E-state index contributed by atoms with van der Waals surface area (Å²) in [7, 11) is 1.78. The third-order valence-corrected chi connectivity index (χ3v) is 3.95. The zero-order chi connectivity index (χ0) is 15.4. The van der Waals surface area contributed by atoms with Crippen molar-refractivity contribution in [3.63, 3.8) is 0 Å². The summed E-state index contributed by atoms with van der Waals surface area (Å²) < 4.78 is 27.4. The number of likely N-dealkylation sites (N-methyl/N-ethyl adjacent to an activating group) is 1. The molecule has 4 heteroatoms. The van der Waals surface area contributed by atoms with Crippen molar-refractivity contribution < 1.29 is 8.78 Å². The molecule has 0 aliphatic heterocycles. The van der Waals surface area contributed by atoms with Crippen LogP contribution in [0.1, 0.15) is 16.7 Å². The topological polar surface area (TPSA) is 12.0 Å². The van der Waals surface area contributed by atoms with E-state index in [0.717, 1.165) is 11.1 Å². The molecule has 112 valence electrons. The summed E-state index contributed by atoms with van der Waals surface area (Å²) >= 11 is 6.22. The highest BCUT2D eigenvalue weighted by atomic mass is 35.5. The zero-order valence-electron chi connectivity index (χ0n) is 12.1. The molecule has 0 saturated carbocycles. The molecule has 1 unspecified atom stereocenters. The van der Waals surface area contributed by atoms with Gasteiger partial charge in [0, 0.05) is 16.6 Å². The maximum Gasteiger partial charge on any atom is 0.129 e. The molecule has 0 aliphatic rings. The minimum atomic E-state index is -0.509. The van der Waals surface area contributed by atoms with Gasteiger partial charge in [-0.2, -0.15) is 0 Å². The Hall–Kier alpha value is -1.45. The second-order valence-corrected chi connectivity index (χ2v) is 5.60. The summed E-state index contributed by atoms with van der Waals surface area (Å²) in [4.78, 5) is 0. The van der Waals surface area contributed by atoms with Gasteiger partial charge in [-0.05, 0) is 56.1 Å². The quantitative estimate of drug-likeness (QED) is 0.868. The molecule has 0 fully saturated rings. The summed E-state index contributed by atoms with van der Waals surface area (Å²) in [5, 5.41) is 3.79. The maximum absolute atomic E-state index is 13.7. The van der Waals surface area contributed by atoms with Gasteiger partial charge in [0.25, 0.3) is 0 Å². The third-order valence-electron chi connectivity index (χ3n) is 3.60. The fraction of sp³-hybridized carbons (Fsp3) is 0.294. The molecule has 0 bridgehead atoms. The van der Waals surface area contributed by atoms with Gasteiger partial charge in [0.15, 0.2) is 0 Å². The van der Waals surface area contributed by atoms with Crippen LogP contribution in [0.3, 0.4) is 0 Å². The Labute approximate surface area is 128 Å². The van der Waals surface area contributed by atoms with E-state index in [0.29, 0.717) is 11.4 Å². The largest absolute Gasteiger partial charge is 0.316 e. The van der Waals surface area contributed by atoms with Gasteiger partial charge < -0.3 is 5.32 Å². The average molecular weight is 310 g/mol. The van der Waals surface area contributed by atoms with Crippen LogP contribution < -0.4 is 5.32 Å². The van der Waals surface area contributed by atoms with Crippen LogP contribution in [-0.2, 0) is 12.8 Å².